The van der Waals surface area contributed by atoms with Gasteiger partial charge < -0.3 is 5.32 Å². The van der Waals surface area contributed by atoms with Crippen LogP contribution in [0, 0.1) is 5.92 Å². The molecule has 8 heteroatoms. The maximum atomic E-state index is 12.9. The zero-order chi connectivity index (χ0) is 20.0. The standard InChI is InChI=1S/C19H24N2O3S3/c1-5-26-18-9-7-6-8-15(18)21-27(23,24)14-10-11-17(25-4)16(12-14)20-19(22)13(2)3/h6-13,21H,5H2,1-4H3,(H,20,22). The zero-order valence-corrected chi connectivity index (χ0v) is 18.2. The molecule has 0 atom stereocenters. The third-order valence-corrected chi connectivity index (χ3v) is 6.81. The van der Waals surface area contributed by atoms with Crippen molar-refractivity contribution < 1.29 is 13.2 Å². The molecule has 0 fully saturated rings. The van der Waals surface area contributed by atoms with Crippen LogP contribution in [0.4, 0.5) is 11.4 Å². The van der Waals surface area contributed by atoms with Gasteiger partial charge in [-0.3, -0.25) is 9.52 Å². The van der Waals surface area contributed by atoms with E-state index < -0.39 is 10.0 Å². The van der Waals surface area contributed by atoms with Crippen molar-refractivity contribution in [2.45, 2.75) is 35.5 Å². The van der Waals surface area contributed by atoms with E-state index >= 15 is 0 Å². The van der Waals surface area contributed by atoms with Gasteiger partial charge in [0.1, 0.15) is 0 Å². The number of carbonyl (C=O) groups excluding carboxylic acids is 1. The van der Waals surface area contributed by atoms with E-state index in [1.165, 1.54) is 17.8 Å². The molecule has 2 aromatic carbocycles. The second kappa shape index (κ2) is 9.52. The van der Waals surface area contributed by atoms with Gasteiger partial charge in [0.15, 0.2) is 0 Å². The largest absolute Gasteiger partial charge is 0.325 e. The van der Waals surface area contributed by atoms with Gasteiger partial charge >= 0.3 is 0 Å². The van der Waals surface area contributed by atoms with Gasteiger partial charge in [-0.1, -0.05) is 32.9 Å². The molecule has 2 N–H and O–H groups in total. The maximum Gasteiger partial charge on any atom is 0.262 e. The number of benzene rings is 2. The van der Waals surface area contributed by atoms with Crippen LogP contribution in [0.25, 0.3) is 0 Å². The fourth-order valence-electron chi connectivity index (χ4n) is 2.27. The van der Waals surface area contributed by atoms with Crippen molar-refractivity contribution >= 4 is 50.8 Å². The highest BCUT2D eigenvalue weighted by molar-refractivity contribution is 7.99. The molecule has 0 saturated carbocycles. The molecule has 27 heavy (non-hydrogen) atoms. The fourth-order valence-corrected chi connectivity index (χ4v) is 4.73. The van der Waals surface area contributed by atoms with E-state index in [9.17, 15) is 13.2 Å². The number of amides is 1. The summed E-state index contributed by atoms with van der Waals surface area (Å²) in [6.45, 7) is 5.60. The number of thioether (sulfide) groups is 2. The van der Waals surface area contributed by atoms with E-state index in [1.54, 1.807) is 49.9 Å². The normalized spacial score (nSPS) is 11.4. The van der Waals surface area contributed by atoms with Crippen LogP contribution in [0.2, 0.25) is 0 Å². The lowest BCUT2D eigenvalue weighted by atomic mass is 10.2. The van der Waals surface area contributed by atoms with Gasteiger partial charge in [0.05, 0.1) is 16.3 Å². The Bertz CT molecular complexity index is 912. The second-order valence-electron chi connectivity index (χ2n) is 6.04. The summed E-state index contributed by atoms with van der Waals surface area (Å²) in [4.78, 5) is 13.9. The van der Waals surface area contributed by atoms with Crippen molar-refractivity contribution in [3.63, 3.8) is 0 Å². The third kappa shape index (κ3) is 5.67. The summed E-state index contributed by atoms with van der Waals surface area (Å²) in [6, 6.07) is 12.1. The summed E-state index contributed by atoms with van der Waals surface area (Å²) in [6.07, 6.45) is 1.88. The third-order valence-electron chi connectivity index (χ3n) is 3.69. The molecule has 0 radical (unpaired) electrons. The number of nitrogens with one attached hydrogen (secondary N) is 2. The van der Waals surface area contributed by atoms with E-state index in [1.807, 2.05) is 25.3 Å². The van der Waals surface area contributed by atoms with Gasteiger partial charge in [-0.05, 0) is 42.3 Å². The van der Waals surface area contributed by atoms with Crippen molar-refractivity contribution in [1.29, 1.82) is 0 Å². The van der Waals surface area contributed by atoms with Crippen molar-refractivity contribution in [2.75, 3.05) is 22.0 Å². The second-order valence-corrected chi connectivity index (χ2v) is 9.88. The first-order valence-corrected chi connectivity index (χ1v) is 12.2. The Labute approximate surface area is 169 Å². The molecule has 0 bridgehead atoms. The molecular weight excluding hydrogens is 400 g/mol. The molecule has 0 unspecified atom stereocenters. The lowest BCUT2D eigenvalue weighted by Gasteiger charge is -2.15. The Morgan fingerprint density at radius 2 is 1.78 bits per heavy atom. The van der Waals surface area contributed by atoms with E-state index in [2.05, 4.69) is 10.0 Å². The van der Waals surface area contributed by atoms with Crippen LogP contribution in [-0.4, -0.2) is 26.3 Å². The smallest absolute Gasteiger partial charge is 0.262 e. The summed E-state index contributed by atoms with van der Waals surface area (Å²) >= 11 is 3.02. The lowest BCUT2D eigenvalue weighted by Crippen LogP contribution is -2.19. The molecule has 0 aliphatic rings. The maximum absolute atomic E-state index is 12.9. The highest BCUT2D eigenvalue weighted by atomic mass is 32.2. The SMILES string of the molecule is CCSc1ccccc1NS(=O)(=O)c1ccc(SC)c(NC(=O)C(C)C)c1. The highest BCUT2D eigenvalue weighted by Crippen LogP contribution is 2.31. The van der Waals surface area contributed by atoms with Crippen LogP contribution in [0.1, 0.15) is 20.8 Å². The van der Waals surface area contributed by atoms with Gasteiger partial charge in [0.25, 0.3) is 10.0 Å². The molecule has 2 aromatic rings. The molecule has 146 valence electrons. The average molecular weight is 425 g/mol. The van der Waals surface area contributed by atoms with Crippen LogP contribution >= 0.6 is 23.5 Å². The Hall–Kier alpha value is -1.64. The lowest BCUT2D eigenvalue weighted by molar-refractivity contribution is -0.118. The Balaban J connectivity index is 2.37. The van der Waals surface area contributed by atoms with Crippen molar-refractivity contribution in [1.82, 2.24) is 0 Å². The Kier molecular flexibility index (Phi) is 7.64. The molecule has 0 aliphatic carbocycles. The highest BCUT2D eigenvalue weighted by Gasteiger charge is 2.19. The predicted molar refractivity (Wildman–Crippen MR) is 115 cm³/mol. The number of rotatable bonds is 8. The Morgan fingerprint density at radius 1 is 1.07 bits per heavy atom. The molecule has 1 amide bonds. The summed E-state index contributed by atoms with van der Waals surface area (Å²) < 4.78 is 28.4. The van der Waals surface area contributed by atoms with E-state index in [-0.39, 0.29) is 16.7 Å². The predicted octanol–water partition coefficient (Wildman–Crippen LogP) is 4.92. The fraction of sp³-hybridized carbons (Fsp3) is 0.316. The van der Waals surface area contributed by atoms with Crippen molar-refractivity contribution in [3.8, 4) is 0 Å². The topological polar surface area (TPSA) is 75.3 Å². The summed E-state index contributed by atoms with van der Waals surface area (Å²) in [7, 11) is -3.78. The molecular formula is C19H24N2O3S3. The van der Waals surface area contributed by atoms with Gasteiger partial charge in [0.2, 0.25) is 5.91 Å². The minimum atomic E-state index is -3.78. The first-order chi connectivity index (χ1) is 12.8. The van der Waals surface area contributed by atoms with Gasteiger partial charge in [-0.25, -0.2) is 8.42 Å². The van der Waals surface area contributed by atoms with Crippen LogP contribution < -0.4 is 10.0 Å². The molecule has 2 rings (SSSR count). The summed E-state index contributed by atoms with van der Waals surface area (Å²) in [5.41, 5.74) is 1.05. The van der Waals surface area contributed by atoms with E-state index in [0.717, 1.165) is 15.5 Å². The molecule has 0 heterocycles. The van der Waals surface area contributed by atoms with Gasteiger partial charge in [-0.2, -0.15) is 0 Å². The molecule has 0 aromatic heterocycles. The quantitative estimate of drug-likeness (QED) is 0.589. The molecule has 0 spiro atoms. The van der Waals surface area contributed by atoms with Gasteiger partial charge in [0, 0.05) is 15.7 Å². The number of carbonyl (C=O) groups is 1. The number of para-hydroxylation sites is 1. The monoisotopic (exact) mass is 424 g/mol. The van der Waals surface area contributed by atoms with Gasteiger partial charge in [-0.15, -0.1) is 23.5 Å². The first-order valence-electron chi connectivity index (χ1n) is 8.52. The van der Waals surface area contributed by atoms with Crippen LogP contribution in [0.15, 0.2) is 57.2 Å². The van der Waals surface area contributed by atoms with Crippen LogP contribution in [-0.2, 0) is 14.8 Å². The number of hydrogen-bond donors (Lipinski definition) is 2. The minimum absolute atomic E-state index is 0.107. The molecule has 0 saturated heterocycles. The molecule has 5 nitrogen and oxygen atoms in total. The first kappa shape index (κ1) is 21.7. The van der Waals surface area contributed by atoms with Crippen molar-refractivity contribution in [2.24, 2.45) is 5.92 Å². The number of hydrogen-bond acceptors (Lipinski definition) is 5. The molecule has 0 aliphatic heterocycles. The minimum Gasteiger partial charge on any atom is -0.325 e. The van der Waals surface area contributed by atoms with Crippen LogP contribution in [0.5, 0.6) is 0 Å². The summed E-state index contributed by atoms with van der Waals surface area (Å²) in [5.74, 6) is 0.487. The number of sulfonamides is 1. The summed E-state index contributed by atoms with van der Waals surface area (Å²) in [5, 5.41) is 2.81. The van der Waals surface area contributed by atoms with E-state index in [0.29, 0.717) is 11.4 Å². The number of anilines is 2. The van der Waals surface area contributed by atoms with Crippen LogP contribution in [0.3, 0.4) is 0 Å². The average Bonchev–Trinajstić information content (AvgIpc) is 2.63. The van der Waals surface area contributed by atoms with Crippen molar-refractivity contribution in [3.05, 3.63) is 42.5 Å². The van der Waals surface area contributed by atoms with E-state index in [4.69, 9.17) is 0 Å². The zero-order valence-electron chi connectivity index (χ0n) is 15.8. The Morgan fingerprint density at radius 3 is 2.41 bits per heavy atom.